The summed E-state index contributed by atoms with van der Waals surface area (Å²) in [7, 11) is 0. The van der Waals surface area contributed by atoms with Gasteiger partial charge in [0, 0.05) is 19.3 Å². The molecule has 78 heavy (non-hydrogen) atoms. The normalized spacial score (nSPS) is 12.5. The Morgan fingerprint density at radius 3 is 0.795 bits per heavy atom. The third-order valence-electron chi connectivity index (χ3n) is 14.9. The van der Waals surface area contributed by atoms with Gasteiger partial charge in [-0.15, -0.1) is 0 Å². The van der Waals surface area contributed by atoms with Crippen LogP contribution in [-0.4, -0.2) is 37.2 Å². The molecule has 1 unspecified atom stereocenters. The number of unbranched alkanes of at least 4 members (excludes halogenated alkanes) is 39. The summed E-state index contributed by atoms with van der Waals surface area (Å²) in [4.78, 5) is 38.4. The number of hydrogen-bond acceptors (Lipinski definition) is 6. The van der Waals surface area contributed by atoms with Crippen molar-refractivity contribution in [3.8, 4) is 0 Å². The molecule has 0 fully saturated rings. The highest BCUT2D eigenvalue weighted by Gasteiger charge is 2.19. The van der Waals surface area contributed by atoms with Crippen LogP contribution in [0.5, 0.6) is 0 Å². The molecule has 1 atom stereocenters. The molecule has 0 N–H and O–H groups in total. The van der Waals surface area contributed by atoms with Gasteiger partial charge in [-0.05, 0) is 89.9 Å². The molecule has 0 aliphatic heterocycles. The molecule has 0 heterocycles. The second-order valence-electron chi connectivity index (χ2n) is 22.7. The standard InChI is InChI=1S/C72H128O6/c1-4-7-10-13-16-19-22-25-27-29-31-32-33-34-35-36-37-38-39-40-41-43-44-47-50-53-56-59-62-65-71(74)77-68-69(67-76-70(73)64-61-58-55-52-49-46-24-21-18-15-12-9-6-3)78-72(75)66-63-60-57-54-51-48-45-42-30-28-26-23-20-17-14-11-8-5-2/h7,10,16,19-20,23,25,27-28,30-32,69H,4-6,8-9,11-15,17-18,21-22,24,26,29,33-68H2,1-3H3/b10-7-,19-16-,23-20-,27-25-,30-28-,32-31-. The topological polar surface area (TPSA) is 78.9 Å². The predicted molar refractivity (Wildman–Crippen MR) is 339 cm³/mol. The van der Waals surface area contributed by atoms with Crippen molar-refractivity contribution in [2.45, 2.75) is 354 Å². The van der Waals surface area contributed by atoms with Crippen molar-refractivity contribution in [1.29, 1.82) is 0 Å². The molecule has 6 heteroatoms. The van der Waals surface area contributed by atoms with Crippen molar-refractivity contribution < 1.29 is 28.6 Å². The van der Waals surface area contributed by atoms with Crippen molar-refractivity contribution in [2.24, 2.45) is 0 Å². The van der Waals surface area contributed by atoms with E-state index in [1.54, 1.807) is 0 Å². The highest BCUT2D eigenvalue weighted by molar-refractivity contribution is 5.71. The summed E-state index contributed by atoms with van der Waals surface area (Å²) in [6, 6.07) is 0. The van der Waals surface area contributed by atoms with Crippen molar-refractivity contribution in [1.82, 2.24) is 0 Å². The van der Waals surface area contributed by atoms with Gasteiger partial charge < -0.3 is 14.2 Å². The molecule has 6 nitrogen and oxygen atoms in total. The van der Waals surface area contributed by atoms with Crippen molar-refractivity contribution in [3.63, 3.8) is 0 Å². The van der Waals surface area contributed by atoms with Crippen LogP contribution in [-0.2, 0) is 28.6 Å². The Labute approximate surface area is 484 Å². The second-order valence-corrected chi connectivity index (χ2v) is 22.7. The lowest BCUT2D eigenvalue weighted by molar-refractivity contribution is -0.167. The van der Waals surface area contributed by atoms with Crippen LogP contribution in [0.15, 0.2) is 72.9 Å². The zero-order valence-electron chi connectivity index (χ0n) is 51.9. The first-order chi connectivity index (χ1) is 38.5. The largest absolute Gasteiger partial charge is 0.462 e. The Morgan fingerprint density at radius 2 is 0.500 bits per heavy atom. The Morgan fingerprint density at radius 1 is 0.269 bits per heavy atom. The van der Waals surface area contributed by atoms with Gasteiger partial charge in [-0.3, -0.25) is 14.4 Å². The van der Waals surface area contributed by atoms with Gasteiger partial charge >= 0.3 is 17.9 Å². The van der Waals surface area contributed by atoms with E-state index in [2.05, 4.69) is 93.7 Å². The van der Waals surface area contributed by atoms with Gasteiger partial charge in [0.1, 0.15) is 13.2 Å². The number of carbonyl (C=O) groups is 3. The van der Waals surface area contributed by atoms with Crippen LogP contribution in [0.4, 0.5) is 0 Å². The Kier molecular flexibility index (Phi) is 63.7. The van der Waals surface area contributed by atoms with E-state index in [0.29, 0.717) is 19.3 Å². The van der Waals surface area contributed by atoms with E-state index in [0.717, 1.165) is 96.3 Å². The molecule has 0 aromatic rings. The molecule has 452 valence electrons. The fourth-order valence-corrected chi connectivity index (χ4v) is 9.88. The lowest BCUT2D eigenvalue weighted by Crippen LogP contribution is -2.30. The summed E-state index contributed by atoms with van der Waals surface area (Å²) < 4.78 is 17.0. The number of allylic oxidation sites excluding steroid dienone is 12. The number of esters is 3. The van der Waals surface area contributed by atoms with Gasteiger partial charge in [0.15, 0.2) is 6.10 Å². The van der Waals surface area contributed by atoms with Gasteiger partial charge in [-0.2, -0.15) is 0 Å². The lowest BCUT2D eigenvalue weighted by Gasteiger charge is -2.18. The molecule has 0 saturated carbocycles. The van der Waals surface area contributed by atoms with Crippen LogP contribution in [0.25, 0.3) is 0 Å². The van der Waals surface area contributed by atoms with E-state index in [-0.39, 0.29) is 31.1 Å². The monoisotopic (exact) mass is 1090 g/mol. The minimum atomic E-state index is -0.777. The van der Waals surface area contributed by atoms with E-state index in [1.165, 1.54) is 212 Å². The molecular weight excluding hydrogens is 961 g/mol. The molecule has 0 aliphatic carbocycles. The fourth-order valence-electron chi connectivity index (χ4n) is 9.88. The van der Waals surface area contributed by atoms with E-state index in [1.807, 2.05) is 0 Å². The van der Waals surface area contributed by atoms with E-state index in [4.69, 9.17) is 14.2 Å². The fraction of sp³-hybridized carbons (Fsp3) is 0.792. The quantitative estimate of drug-likeness (QED) is 0.0261. The van der Waals surface area contributed by atoms with E-state index >= 15 is 0 Å². The SMILES string of the molecule is CC/C=C\C/C=C\C/C=C\C/C=C\CCCCCCCCCCCCCCCCCCC(=O)OCC(COC(=O)CCCCCCCCCCCCCCC)OC(=O)CCCCCCCCC/C=C\C/C=C\CCCCCC. The van der Waals surface area contributed by atoms with Gasteiger partial charge in [0.25, 0.3) is 0 Å². The van der Waals surface area contributed by atoms with Crippen LogP contribution in [0.1, 0.15) is 348 Å². The molecule has 0 aromatic carbocycles. The van der Waals surface area contributed by atoms with Gasteiger partial charge in [-0.1, -0.05) is 312 Å². The zero-order chi connectivity index (χ0) is 56.4. The van der Waals surface area contributed by atoms with Gasteiger partial charge in [0.2, 0.25) is 0 Å². The van der Waals surface area contributed by atoms with Crippen molar-refractivity contribution in [3.05, 3.63) is 72.9 Å². The molecule has 0 amide bonds. The summed E-state index contributed by atoms with van der Waals surface area (Å²) in [6.07, 6.45) is 86.3. The van der Waals surface area contributed by atoms with Crippen LogP contribution >= 0.6 is 0 Å². The molecule has 0 aliphatic rings. The third kappa shape index (κ3) is 63.7. The number of ether oxygens (including phenoxy) is 3. The maximum Gasteiger partial charge on any atom is 0.306 e. The first-order valence-electron chi connectivity index (χ1n) is 33.9. The summed E-state index contributed by atoms with van der Waals surface area (Å²) in [5, 5.41) is 0. The molecule has 0 aromatic heterocycles. The minimum absolute atomic E-state index is 0.0735. The Bertz CT molecular complexity index is 1440. The average molecular weight is 1090 g/mol. The molecule has 0 bridgehead atoms. The molecular formula is C72H128O6. The Hall–Kier alpha value is -3.15. The second kappa shape index (κ2) is 66.4. The minimum Gasteiger partial charge on any atom is -0.462 e. The lowest BCUT2D eigenvalue weighted by atomic mass is 10.0. The van der Waals surface area contributed by atoms with Crippen LogP contribution in [0.3, 0.4) is 0 Å². The molecule has 0 rings (SSSR count). The summed E-state index contributed by atoms with van der Waals surface area (Å²) in [6.45, 7) is 6.55. The first-order valence-corrected chi connectivity index (χ1v) is 33.9. The van der Waals surface area contributed by atoms with E-state index < -0.39 is 6.10 Å². The number of carbonyl (C=O) groups excluding carboxylic acids is 3. The summed E-state index contributed by atoms with van der Waals surface area (Å²) in [5.41, 5.74) is 0. The van der Waals surface area contributed by atoms with Crippen LogP contribution < -0.4 is 0 Å². The summed E-state index contributed by atoms with van der Waals surface area (Å²) >= 11 is 0. The maximum absolute atomic E-state index is 12.9. The smallest absolute Gasteiger partial charge is 0.306 e. The van der Waals surface area contributed by atoms with Crippen LogP contribution in [0.2, 0.25) is 0 Å². The number of rotatable bonds is 62. The number of hydrogen-bond donors (Lipinski definition) is 0. The average Bonchev–Trinajstić information content (AvgIpc) is 3.44. The summed E-state index contributed by atoms with van der Waals surface area (Å²) in [5.74, 6) is -0.861. The highest BCUT2D eigenvalue weighted by atomic mass is 16.6. The van der Waals surface area contributed by atoms with E-state index in [9.17, 15) is 14.4 Å². The van der Waals surface area contributed by atoms with Crippen molar-refractivity contribution >= 4 is 17.9 Å². The first kappa shape index (κ1) is 74.8. The zero-order valence-corrected chi connectivity index (χ0v) is 51.9. The maximum atomic E-state index is 12.9. The van der Waals surface area contributed by atoms with Crippen LogP contribution in [0, 0.1) is 0 Å². The Balaban J connectivity index is 4.22. The van der Waals surface area contributed by atoms with Gasteiger partial charge in [0.05, 0.1) is 0 Å². The molecule has 0 radical (unpaired) electrons. The third-order valence-corrected chi connectivity index (χ3v) is 14.9. The molecule has 0 spiro atoms. The van der Waals surface area contributed by atoms with Crippen molar-refractivity contribution in [2.75, 3.05) is 13.2 Å². The highest BCUT2D eigenvalue weighted by Crippen LogP contribution is 2.17. The van der Waals surface area contributed by atoms with Gasteiger partial charge in [-0.25, -0.2) is 0 Å². The molecule has 0 saturated heterocycles. The predicted octanol–water partition coefficient (Wildman–Crippen LogP) is 23.3.